The third-order valence-corrected chi connectivity index (χ3v) is 5.47. The smallest absolute Gasteiger partial charge is 0.248 e. The summed E-state index contributed by atoms with van der Waals surface area (Å²) in [5.74, 6) is 0.937. The molecule has 1 saturated carbocycles. The first kappa shape index (κ1) is 17.3. The Bertz CT molecular complexity index is 569. The minimum Gasteiger partial charge on any atom is -0.372 e. The fraction of sp³-hybridized carbons (Fsp3) is 0.875. The Labute approximate surface area is 143 Å². The highest BCUT2D eigenvalue weighted by Gasteiger charge is 2.47. The van der Waals surface area contributed by atoms with Gasteiger partial charge in [0.05, 0.1) is 6.04 Å². The van der Waals surface area contributed by atoms with E-state index in [4.69, 9.17) is 4.74 Å². The minimum absolute atomic E-state index is 0.0421. The molecule has 2 fully saturated rings. The van der Waals surface area contributed by atoms with E-state index in [9.17, 15) is 4.79 Å². The SMILES string of the molecule is CCOCC(=O)N1CCC(c2nnnn2C2CCCC2)(N(C)C)C1. The van der Waals surface area contributed by atoms with E-state index in [1.54, 1.807) is 0 Å². The zero-order valence-electron chi connectivity index (χ0n) is 14.9. The number of hydrogen-bond acceptors (Lipinski definition) is 6. The molecule has 134 valence electrons. The van der Waals surface area contributed by atoms with E-state index in [0.717, 1.165) is 25.1 Å². The van der Waals surface area contributed by atoms with Crippen LogP contribution in [0.15, 0.2) is 0 Å². The molecule has 1 aliphatic heterocycles. The van der Waals surface area contributed by atoms with Crippen molar-refractivity contribution in [2.45, 2.75) is 50.6 Å². The number of likely N-dealkylation sites (tertiary alicyclic amines) is 1. The Morgan fingerprint density at radius 1 is 1.38 bits per heavy atom. The number of likely N-dealkylation sites (N-methyl/N-ethyl adjacent to an activating group) is 1. The van der Waals surface area contributed by atoms with Gasteiger partial charge >= 0.3 is 0 Å². The predicted octanol–water partition coefficient (Wildman–Crippen LogP) is 0.814. The van der Waals surface area contributed by atoms with Crippen LogP contribution < -0.4 is 0 Å². The van der Waals surface area contributed by atoms with Crippen LogP contribution in [0.25, 0.3) is 0 Å². The summed E-state index contributed by atoms with van der Waals surface area (Å²) in [4.78, 5) is 16.4. The first-order valence-electron chi connectivity index (χ1n) is 8.90. The molecule has 0 bridgehead atoms. The van der Waals surface area contributed by atoms with Gasteiger partial charge in [0.1, 0.15) is 12.1 Å². The van der Waals surface area contributed by atoms with Crippen LogP contribution in [-0.4, -0.2) is 76.3 Å². The fourth-order valence-corrected chi connectivity index (χ4v) is 3.93. The molecular weight excluding hydrogens is 308 g/mol. The van der Waals surface area contributed by atoms with Crippen molar-refractivity contribution in [1.29, 1.82) is 0 Å². The standard InChI is InChI=1S/C16H28N6O2/c1-4-24-11-14(23)21-10-9-16(12-21,20(2)3)15-17-18-19-22(15)13-7-5-6-8-13/h13H,4-12H2,1-3H3. The van der Waals surface area contributed by atoms with Crippen LogP contribution >= 0.6 is 0 Å². The van der Waals surface area contributed by atoms with Gasteiger partial charge in [0.15, 0.2) is 5.82 Å². The van der Waals surface area contributed by atoms with Crippen molar-refractivity contribution in [3.05, 3.63) is 5.82 Å². The molecule has 1 aromatic rings. The maximum atomic E-state index is 12.3. The van der Waals surface area contributed by atoms with E-state index in [1.807, 2.05) is 30.6 Å². The number of nitrogens with zero attached hydrogens (tertiary/aromatic N) is 6. The summed E-state index contributed by atoms with van der Waals surface area (Å²) in [5, 5.41) is 12.6. The zero-order valence-corrected chi connectivity index (χ0v) is 14.9. The van der Waals surface area contributed by atoms with Crippen LogP contribution in [-0.2, 0) is 15.1 Å². The lowest BCUT2D eigenvalue weighted by Gasteiger charge is -2.35. The average Bonchev–Trinajstić information content (AvgIpc) is 3.31. The second kappa shape index (κ2) is 7.14. The summed E-state index contributed by atoms with van der Waals surface area (Å²) < 4.78 is 7.30. The molecule has 1 aliphatic carbocycles. The highest BCUT2D eigenvalue weighted by Crippen LogP contribution is 2.38. The molecule has 0 spiro atoms. The number of ether oxygens (including phenoxy) is 1. The first-order chi connectivity index (χ1) is 11.6. The third kappa shape index (κ3) is 3.04. The van der Waals surface area contributed by atoms with Gasteiger partial charge in [0, 0.05) is 19.7 Å². The summed E-state index contributed by atoms with van der Waals surface area (Å²) in [5.41, 5.74) is -0.325. The molecule has 8 heteroatoms. The molecule has 24 heavy (non-hydrogen) atoms. The summed E-state index contributed by atoms with van der Waals surface area (Å²) in [7, 11) is 4.09. The second-order valence-electron chi connectivity index (χ2n) is 7.01. The number of carbonyl (C=O) groups excluding carboxylic acids is 1. The molecule has 1 saturated heterocycles. The molecular formula is C16H28N6O2. The number of rotatable bonds is 6. The van der Waals surface area contributed by atoms with E-state index in [1.165, 1.54) is 12.8 Å². The van der Waals surface area contributed by atoms with Gasteiger partial charge in [-0.3, -0.25) is 9.69 Å². The van der Waals surface area contributed by atoms with Crippen molar-refractivity contribution in [1.82, 2.24) is 30.0 Å². The number of aromatic nitrogens is 4. The van der Waals surface area contributed by atoms with Gasteiger partial charge in [-0.1, -0.05) is 12.8 Å². The van der Waals surface area contributed by atoms with Gasteiger partial charge < -0.3 is 9.64 Å². The van der Waals surface area contributed by atoms with Crippen LogP contribution in [0.5, 0.6) is 0 Å². The molecule has 0 N–H and O–H groups in total. The summed E-state index contributed by atoms with van der Waals surface area (Å²) >= 11 is 0. The second-order valence-corrected chi connectivity index (χ2v) is 7.01. The van der Waals surface area contributed by atoms with Crippen molar-refractivity contribution in [2.75, 3.05) is 40.4 Å². The van der Waals surface area contributed by atoms with Crippen LogP contribution in [0.2, 0.25) is 0 Å². The maximum Gasteiger partial charge on any atom is 0.248 e. The Kier molecular flexibility index (Phi) is 5.15. The van der Waals surface area contributed by atoms with E-state index >= 15 is 0 Å². The monoisotopic (exact) mass is 336 g/mol. The van der Waals surface area contributed by atoms with Gasteiger partial charge in [-0.15, -0.1) is 5.10 Å². The van der Waals surface area contributed by atoms with Gasteiger partial charge in [-0.25, -0.2) is 4.68 Å². The normalized spacial score (nSPS) is 25.1. The Hall–Kier alpha value is -1.54. The lowest BCUT2D eigenvalue weighted by atomic mass is 9.95. The van der Waals surface area contributed by atoms with Crippen molar-refractivity contribution >= 4 is 5.91 Å². The van der Waals surface area contributed by atoms with Crippen molar-refractivity contribution in [3.8, 4) is 0 Å². The lowest BCUT2D eigenvalue weighted by molar-refractivity contribution is -0.135. The van der Waals surface area contributed by atoms with Gasteiger partial charge in [-0.05, 0) is 50.7 Å². The molecule has 1 aromatic heterocycles. The lowest BCUT2D eigenvalue weighted by Crippen LogP contribution is -2.47. The Morgan fingerprint density at radius 3 is 2.79 bits per heavy atom. The summed E-state index contributed by atoms with van der Waals surface area (Å²) in [6.07, 6.45) is 5.57. The summed E-state index contributed by atoms with van der Waals surface area (Å²) in [6, 6.07) is 0.389. The van der Waals surface area contributed by atoms with E-state index < -0.39 is 0 Å². The highest BCUT2D eigenvalue weighted by atomic mass is 16.5. The van der Waals surface area contributed by atoms with Gasteiger partial charge in [0.2, 0.25) is 5.91 Å². The molecule has 2 aliphatic rings. The molecule has 0 aromatic carbocycles. The molecule has 0 radical (unpaired) electrons. The molecule has 8 nitrogen and oxygen atoms in total. The Morgan fingerprint density at radius 2 is 2.12 bits per heavy atom. The van der Waals surface area contributed by atoms with Crippen molar-refractivity contribution in [2.24, 2.45) is 0 Å². The van der Waals surface area contributed by atoms with Crippen molar-refractivity contribution in [3.63, 3.8) is 0 Å². The van der Waals surface area contributed by atoms with Crippen molar-refractivity contribution < 1.29 is 9.53 Å². The number of carbonyl (C=O) groups is 1. The fourth-order valence-electron chi connectivity index (χ4n) is 3.93. The number of amides is 1. The van der Waals surface area contributed by atoms with Crippen LogP contribution in [0.1, 0.15) is 50.9 Å². The van der Waals surface area contributed by atoms with E-state index in [-0.39, 0.29) is 18.1 Å². The van der Waals surface area contributed by atoms with Crippen LogP contribution in [0.4, 0.5) is 0 Å². The van der Waals surface area contributed by atoms with Gasteiger partial charge in [-0.2, -0.15) is 0 Å². The predicted molar refractivity (Wildman–Crippen MR) is 88.4 cm³/mol. The molecule has 2 heterocycles. The molecule has 1 amide bonds. The summed E-state index contributed by atoms with van der Waals surface area (Å²) in [6.45, 7) is 3.92. The molecule has 1 atom stereocenters. The largest absolute Gasteiger partial charge is 0.372 e. The topological polar surface area (TPSA) is 76.4 Å². The minimum atomic E-state index is -0.325. The van der Waals surface area contributed by atoms with Crippen LogP contribution in [0.3, 0.4) is 0 Å². The molecule has 3 rings (SSSR count). The average molecular weight is 336 g/mol. The number of tetrazole rings is 1. The first-order valence-corrected chi connectivity index (χ1v) is 8.90. The Balaban J connectivity index is 1.83. The van der Waals surface area contributed by atoms with E-state index in [2.05, 4.69) is 20.4 Å². The zero-order chi connectivity index (χ0) is 17.2. The van der Waals surface area contributed by atoms with E-state index in [0.29, 0.717) is 25.7 Å². The quantitative estimate of drug-likeness (QED) is 0.765. The van der Waals surface area contributed by atoms with Gasteiger partial charge in [0.25, 0.3) is 0 Å². The highest BCUT2D eigenvalue weighted by molar-refractivity contribution is 5.78. The molecule has 1 unspecified atom stereocenters. The third-order valence-electron chi connectivity index (χ3n) is 5.47. The maximum absolute atomic E-state index is 12.3. The number of hydrogen-bond donors (Lipinski definition) is 0. The van der Waals surface area contributed by atoms with Crippen LogP contribution in [0, 0.1) is 0 Å².